The molecule has 5 atom stereocenters. The highest BCUT2D eigenvalue weighted by molar-refractivity contribution is 6.08. The van der Waals surface area contributed by atoms with E-state index in [0.29, 0.717) is 18.0 Å². The lowest BCUT2D eigenvalue weighted by atomic mass is 9.81. The van der Waals surface area contributed by atoms with Gasteiger partial charge < -0.3 is 14.8 Å². The molecule has 0 spiro atoms. The van der Waals surface area contributed by atoms with Crippen LogP contribution in [0.5, 0.6) is 5.75 Å². The molecular formula is C28H30N2O6. The minimum atomic E-state index is -1.10. The van der Waals surface area contributed by atoms with Crippen molar-refractivity contribution in [1.82, 2.24) is 4.90 Å². The second-order valence-electron chi connectivity index (χ2n) is 9.75. The van der Waals surface area contributed by atoms with Crippen molar-refractivity contribution in [3.63, 3.8) is 0 Å². The van der Waals surface area contributed by atoms with Crippen molar-refractivity contribution in [3.8, 4) is 5.75 Å². The van der Waals surface area contributed by atoms with Gasteiger partial charge in [-0.05, 0) is 67.9 Å². The average Bonchev–Trinajstić information content (AvgIpc) is 3.57. The minimum Gasteiger partial charge on any atom is -0.494 e. The van der Waals surface area contributed by atoms with Crippen molar-refractivity contribution in [1.29, 1.82) is 0 Å². The normalized spacial score (nSPS) is 25.0. The Morgan fingerprint density at radius 1 is 0.972 bits per heavy atom. The van der Waals surface area contributed by atoms with Crippen LogP contribution in [0.15, 0.2) is 54.6 Å². The maximum Gasteiger partial charge on any atom is 0.330 e. The number of amides is 3. The van der Waals surface area contributed by atoms with Crippen LogP contribution in [0.3, 0.4) is 0 Å². The lowest BCUT2D eigenvalue weighted by molar-refractivity contribution is -0.160. The van der Waals surface area contributed by atoms with Gasteiger partial charge in [0.1, 0.15) is 11.8 Å². The van der Waals surface area contributed by atoms with E-state index in [-0.39, 0.29) is 41.9 Å². The van der Waals surface area contributed by atoms with Crippen molar-refractivity contribution in [2.24, 2.45) is 23.7 Å². The Morgan fingerprint density at radius 2 is 1.61 bits per heavy atom. The first-order valence-corrected chi connectivity index (χ1v) is 12.6. The summed E-state index contributed by atoms with van der Waals surface area (Å²) in [7, 11) is 0. The summed E-state index contributed by atoms with van der Waals surface area (Å²) in [6.07, 6.45) is 2.98. The van der Waals surface area contributed by atoms with Gasteiger partial charge in [-0.2, -0.15) is 0 Å². The van der Waals surface area contributed by atoms with Crippen LogP contribution in [-0.2, 0) is 30.3 Å². The smallest absolute Gasteiger partial charge is 0.330 e. The molecule has 1 saturated heterocycles. The van der Waals surface area contributed by atoms with Gasteiger partial charge in [-0.3, -0.25) is 19.3 Å². The Balaban J connectivity index is 1.27. The third-order valence-corrected chi connectivity index (χ3v) is 7.61. The van der Waals surface area contributed by atoms with Gasteiger partial charge in [-0.15, -0.1) is 0 Å². The van der Waals surface area contributed by atoms with Crippen LogP contribution in [0, 0.1) is 23.7 Å². The highest BCUT2D eigenvalue weighted by atomic mass is 16.5. The van der Waals surface area contributed by atoms with Gasteiger partial charge in [-0.25, -0.2) is 4.79 Å². The summed E-state index contributed by atoms with van der Waals surface area (Å²) in [5, 5.41) is 2.68. The minimum absolute atomic E-state index is 0.145. The van der Waals surface area contributed by atoms with Crippen LogP contribution in [0.25, 0.3) is 0 Å². The molecule has 36 heavy (non-hydrogen) atoms. The zero-order valence-corrected chi connectivity index (χ0v) is 20.2. The van der Waals surface area contributed by atoms with Gasteiger partial charge >= 0.3 is 5.97 Å². The van der Waals surface area contributed by atoms with Crippen LogP contribution in [0.4, 0.5) is 5.69 Å². The molecule has 3 fully saturated rings. The van der Waals surface area contributed by atoms with E-state index in [0.717, 1.165) is 29.7 Å². The molecule has 2 bridgehead atoms. The number of fused-ring (bicyclic) bond motifs is 5. The molecule has 2 aliphatic carbocycles. The number of ether oxygens (including phenoxy) is 2. The van der Waals surface area contributed by atoms with Crippen molar-refractivity contribution in [2.75, 3.05) is 18.5 Å². The summed E-state index contributed by atoms with van der Waals surface area (Å²) >= 11 is 0. The number of carbonyl (C=O) groups excluding carboxylic acids is 4. The van der Waals surface area contributed by atoms with Crippen LogP contribution >= 0.6 is 0 Å². The summed E-state index contributed by atoms with van der Waals surface area (Å²) in [5.74, 6) is -1.35. The summed E-state index contributed by atoms with van der Waals surface area (Å²) in [6, 6.07) is 15.0. The van der Waals surface area contributed by atoms with Gasteiger partial charge in [-0.1, -0.05) is 30.3 Å². The fourth-order valence-corrected chi connectivity index (χ4v) is 6.09. The standard InChI is InChI=1S/C28H30N2O6/c1-2-35-21-12-10-20(11-13-21)29-23(31)16-36-28(34)22(14-17-6-4-3-5-7-17)30-26(32)24-18-8-9-19(15-18)25(24)27(30)33/h3-7,10-13,18-19,22,24-25H,2,8-9,14-16H2,1H3,(H,29,31)/t18-,19-,22+,24-,25+/m0/s1. The van der Waals surface area contributed by atoms with Crippen LogP contribution in [0.1, 0.15) is 31.7 Å². The van der Waals surface area contributed by atoms with Crippen LogP contribution in [-0.4, -0.2) is 47.8 Å². The van der Waals surface area contributed by atoms with Crippen molar-refractivity contribution < 1.29 is 28.7 Å². The number of benzene rings is 2. The SMILES string of the molecule is CCOc1ccc(NC(=O)COC(=O)[C@@H](Cc2ccccc2)N2C(=O)[C@@H]3[C@H]4CC[C@@H](C4)[C@@H]3C2=O)cc1. The predicted octanol–water partition coefficient (Wildman–Crippen LogP) is 3.21. The number of imide groups is 1. The van der Waals surface area contributed by atoms with Crippen molar-refractivity contribution in [2.45, 2.75) is 38.6 Å². The average molecular weight is 491 g/mol. The molecule has 2 saturated carbocycles. The van der Waals surface area contributed by atoms with Crippen LogP contribution < -0.4 is 10.1 Å². The van der Waals surface area contributed by atoms with E-state index in [9.17, 15) is 19.2 Å². The van der Waals surface area contributed by atoms with E-state index in [1.807, 2.05) is 37.3 Å². The Hall–Kier alpha value is -3.68. The number of esters is 1. The van der Waals surface area contributed by atoms with Gasteiger partial charge in [0.2, 0.25) is 11.8 Å². The lowest BCUT2D eigenvalue weighted by Gasteiger charge is -2.26. The molecule has 8 heteroatoms. The van der Waals surface area contributed by atoms with Gasteiger partial charge in [0.25, 0.3) is 5.91 Å². The number of hydrogen-bond acceptors (Lipinski definition) is 6. The van der Waals surface area contributed by atoms with E-state index >= 15 is 0 Å². The summed E-state index contributed by atoms with van der Waals surface area (Å²) in [6.45, 7) is 1.90. The quantitative estimate of drug-likeness (QED) is 0.428. The number of carbonyl (C=O) groups is 4. The van der Waals surface area contributed by atoms with Crippen LogP contribution in [0.2, 0.25) is 0 Å². The monoisotopic (exact) mass is 490 g/mol. The maximum atomic E-state index is 13.4. The highest BCUT2D eigenvalue weighted by Crippen LogP contribution is 2.56. The van der Waals surface area contributed by atoms with Gasteiger partial charge in [0.05, 0.1) is 18.4 Å². The molecule has 8 nitrogen and oxygen atoms in total. The van der Waals surface area contributed by atoms with E-state index < -0.39 is 24.5 Å². The molecule has 2 aromatic rings. The first-order valence-electron chi connectivity index (χ1n) is 12.6. The fourth-order valence-electron chi connectivity index (χ4n) is 6.09. The van der Waals surface area contributed by atoms with E-state index in [1.54, 1.807) is 24.3 Å². The fraction of sp³-hybridized carbons (Fsp3) is 0.429. The second kappa shape index (κ2) is 10.1. The molecule has 3 amide bonds. The number of rotatable bonds is 9. The first-order chi connectivity index (χ1) is 17.5. The zero-order chi connectivity index (χ0) is 25.2. The molecular weight excluding hydrogens is 460 g/mol. The molecule has 1 heterocycles. The molecule has 3 aliphatic rings. The first kappa shape index (κ1) is 24.0. The van der Waals surface area contributed by atoms with Gasteiger partial charge in [0.15, 0.2) is 6.61 Å². The molecule has 2 aromatic carbocycles. The topological polar surface area (TPSA) is 102 Å². The number of anilines is 1. The molecule has 1 aliphatic heterocycles. The Morgan fingerprint density at radius 3 is 2.22 bits per heavy atom. The third-order valence-electron chi connectivity index (χ3n) is 7.61. The largest absolute Gasteiger partial charge is 0.494 e. The predicted molar refractivity (Wildman–Crippen MR) is 131 cm³/mol. The zero-order valence-electron chi connectivity index (χ0n) is 20.2. The van der Waals surface area contributed by atoms with Gasteiger partial charge in [0, 0.05) is 12.1 Å². The molecule has 0 radical (unpaired) electrons. The van der Waals surface area contributed by atoms with E-state index in [1.165, 1.54) is 0 Å². The Kier molecular flexibility index (Phi) is 6.76. The molecule has 5 rings (SSSR count). The number of hydrogen-bond donors (Lipinski definition) is 1. The van der Waals surface area contributed by atoms with E-state index in [4.69, 9.17) is 9.47 Å². The Labute approximate surface area is 209 Å². The number of nitrogens with zero attached hydrogens (tertiary/aromatic N) is 1. The lowest BCUT2D eigenvalue weighted by Crippen LogP contribution is -2.48. The molecule has 0 aromatic heterocycles. The molecule has 1 N–H and O–H groups in total. The maximum absolute atomic E-state index is 13.4. The Bertz CT molecular complexity index is 1120. The third kappa shape index (κ3) is 4.59. The summed E-state index contributed by atoms with van der Waals surface area (Å²) in [4.78, 5) is 53.6. The number of nitrogens with one attached hydrogen (secondary N) is 1. The summed E-state index contributed by atoms with van der Waals surface area (Å²) in [5.41, 5.74) is 1.34. The molecule has 0 unspecified atom stereocenters. The van der Waals surface area contributed by atoms with Crippen molar-refractivity contribution >= 4 is 29.4 Å². The highest BCUT2D eigenvalue weighted by Gasteiger charge is 2.62. The number of likely N-dealkylation sites (tertiary alicyclic amines) is 1. The van der Waals surface area contributed by atoms with Crippen molar-refractivity contribution in [3.05, 3.63) is 60.2 Å². The summed E-state index contributed by atoms with van der Waals surface area (Å²) < 4.78 is 10.7. The molecule has 188 valence electrons. The van der Waals surface area contributed by atoms with E-state index in [2.05, 4.69) is 5.32 Å². The second-order valence-corrected chi connectivity index (χ2v) is 9.75.